The number of aromatic nitrogens is 2. The predicted molar refractivity (Wildman–Crippen MR) is 127 cm³/mol. The van der Waals surface area contributed by atoms with E-state index in [0.717, 1.165) is 16.7 Å². The number of benzene rings is 1. The first-order chi connectivity index (χ1) is 16.0. The molecule has 2 amide bonds. The van der Waals surface area contributed by atoms with Crippen LogP contribution in [-0.4, -0.2) is 32.9 Å². The van der Waals surface area contributed by atoms with E-state index in [1.807, 2.05) is 33.8 Å². The molecule has 1 unspecified atom stereocenters. The molecule has 8 nitrogen and oxygen atoms in total. The number of carbonyl (C=O) groups is 3. The normalized spacial score (nSPS) is 19.0. The number of rotatable bonds is 5. The molecule has 0 bridgehead atoms. The van der Waals surface area contributed by atoms with Crippen molar-refractivity contribution < 1.29 is 19.5 Å². The molecule has 0 spiro atoms. The molecule has 0 fully saturated rings. The highest BCUT2D eigenvalue weighted by Crippen LogP contribution is 2.35. The lowest BCUT2D eigenvalue weighted by atomic mass is 9.87. The van der Waals surface area contributed by atoms with Crippen LogP contribution >= 0.6 is 0 Å². The van der Waals surface area contributed by atoms with Gasteiger partial charge in [0.1, 0.15) is 12.0 Å². The Morgan fingerprint density at radius 3 is 2.65 bits per heavy atom. The van der Waals surface area contributed by atoms with E-state index in [1.54, 1.807) is 18.2 Å². The minimum atomic E-state index is -0.963. The third-order valence-corrected chi connectivity index (χ3v) is 6.26. The molecule has 2 aromatic rings. The molecule has 1 aromatic heterocycles. The Morgan fingerprint density at radius 2 is 1.94 bits per heavy atom. The number of fused-ring (bicyclic) bond motifs is 2. The summed E-state index contributed by atoms with van der Waals surface area (Å²) in [5.41, 5.74) is 4.22. The number of allylic oxidation sites excluding steroid dienone is 1. The topological polar surface area (TPSA) is 121 Å². The van der Waals surface area contributed by atoms with Crippen molar-refractivity contribution in [3.8, 4) is 0 Å². The highest BCUT2D eigenvalue weighted by Gasteiger charge is 2.31. The van der Waals surface area contributed by atoms with Gasteiger partial charge in [0.15, 0.2) is 0 Å². The minimum Gasteiger partial charge on any atom is -0.478 e. The van der Waals surface area contributed by atoms with E-state index >= 15 is 0 Å². The predicted octanol–water partition coefficient (Wildman–Crippen LogP) is 3.99. The Hall–Kier alpha value is -3.55. The van der Waals surface area contributed by atoms with Crippen molar-refractivity contribution in [3.05, 3.63) is 64.2 Å². The molecule has 2 aliphatic carbocycles. The number of hydrogen-bond donors (Lipinski definition) is 3. The average Bonchev–Trinajstić information content (AvgIpc) is 3.16. The zero-order valence-corrected chi connectivity index (χ0v) is 19.9. The number of hydrogen-bond acceptors (Lipinski definition) is 5. The van der Waals surface area contributed by atoms with Crippen molar-refractivity contribution in [1.82, 2.24) is 20.6 Å². The van der Waals surface area contributed by atoms with Gasteiger partial charge in [-0.1, -0.05) is 39.8 Å². The lowest BCUT2D eigenvalue weighted by Gasteiger charge is -2.25. The third kappa shape index (κ3) is 4.85. The van der Waals surface area contributed by atoms with Crippen LogP contribution in [0, 0.1) is 5.41 Å². The van der Waals surface area contributed by atoms with Crippen molar-refractivity contribution in [1.29, 1.82) is 0 Å². The van der Waals surface area contributed by atoms with Crippen molar-refractivity contribution in [2.45, 2.75) is 65.3 Å². The smallest absolute Gasteiger partial charge is 0.335 e. The molecule has 0 radical (unpaired) electrons. The molecule has 34 heavy (non-hydrogen) atoms. The summed E-state index contributed by atoms with van der Waals surface area (Å²) in [6.45, 7) is 8.03. The van der Waals surface area contributed by atoms with Crippen molar-refractivity contribution in [3.63, 3.8) is 0 Å². The molecule has 1 aromatic carbocycles. The van der Waals surface area contributed by atoms with Gasteiger partial charge >= 0.3 is 5.97 Å². The van der Waals surface area contributed by atoms with E-state index in [2.05, 4.69) is 20.6 Å². The molecule has 2 aliphatic rings. The Kier molecular flexibility index (Phi) is 6.25. The molecule has 0 aliphatic heterocycles. The first-order valence-corrected chi connectivity index (χ1v) is 11.6. The molecule has 0 saturated heterocycles. The number of carboxylic acids is 1. The van der Waals surface area contributed by atoms with Gasteiger partial charge in [-0.05, 0) is 53.9 Å². The summed E-state index contributed by atoms with van der Waals surface area (Å²) in [6, 6.07) is 4.81. The summed E-state index contributed by atoms with van der Waals surface area (Å²) in [5, 5.41) is 15.3. The molecule has 2 atom stereocenters. The van der Waals surface area contributed by atoms with Crippen molar-refractivity contribution in [2.24, 2.45) is 5.41 Å². The number of aromatic carboxylic acids is 1. The van der Waals surface area contributed by atoms with Gasteiger partial charge in [0.05, 0.1) is 23.0 Å². The highest BCUT2D eigenvalue weighted by atomic mass is 16.4. The van der Waals surface area contributed by atoms with E-state index in [0.29, 0.717) is 42.8 Å². The van der Waals surface area contributed by atoms with Crippen LogP contribution in [0.4, 0.5) is 0 Å². The van der Waals surface area contributed by atoms with Crippen LogP contribution in [0.15, 0.2) is 30.6 Å². The van der Waals surface area contributed by atoms with Gasteiger partial charge in [0.25, 0.3) is 5.91 Å². The molecule has 3 N–H and O–H groups in total. The summed E-state index contributed by atoms with van der Waals surface area (Å²) in [6.07, 6.45) is 5.74. The second kappa shape index (κ2) is 9.00. The van der Waals surface area contributed by atoms with Crippen LogP contribution in [0.5, 0.6) is 0 Å². The van der Waals surface area contributed by atoms with Gasteiger partial charge in [0, 0.05) is 12.0 Å². The molecule has 4 rings (SSSR count). The summed E-state index contributed by atoms with van der Waals surface area (Å²) < 4.78 is 0. The van der Waals surface area contributed by atoms with Crippen LogP contribution in [0.25, 0.3) is 5.70 Å². The Bertz CT molecular complexity index is 1200. The molecular formula is C26H30N4O4. The van der Waals surface area contributed by atoms with Crippen LogP contribution in [0.2, 0.25) is 0 Å². The largest absolute Gasteiger partial charge is 0.478 e. The van der Waals surface area contributed by atoms with Crippen LogP contribution in [-0.2, 0) is 11.2 Å². The minimum absolute atomic E-state index is 0.0224. The van der Waals surface area contributed by atoms with E-state index in [4.69, 9.17) is 0 Å². The summed E-state index contributed by atoms with van der Waals surface area (Å²) in [5.74, 6) is -1.33. The van der Waals surface area contributed by atoms with Gasteiger partial charge in [0.2, 0.25) is 5.91 Å². The Balaban J connectivity index is 1.57. The van der Waals surface area contributed by atoms with Gasteiger partial charge in [-0.15, -0.1) is 0 Å². The van der Waals surface area contributed by atoms with Crippen molar-refractivity contribution in [2.75, 3.05) is 0 Å². The maximum Gasteiger partial charge on any atom is 0.335 e. The number of nitrogens with zero attached hydrogens (tertiary/aromatic N) is 2. The zero-order chi connectivity index (χ0) is 24.6. The SMILES string of the molecule is CC1CC=C(NC(=O)CC(C)(C)C)c2ncnc(C(=O)N[C@H]3CCc4cc(C(=O)O)ccc43)c21. The lowest BCUT2D eigenvalue weighted by molar-refractivity contribution is -0.121. The third-order valence-electron chi connectivity index (χ3n) is 6.26. The van der Waals surface area contributed by atoms with Crippen LogP contribution < -0.4 is 10.6 Å². The van der Waals surface area contributed by atoms with Gasteiger partial charge in [-0.3, -0.25) is 9.59 Å². The maximum absolute atomic E-state index is 13.3. The fraction of sp³-hybridized carbons (Fsp3) is 0.423. The quantitative estimate of drug-likeness (QED) is 0.618. The van der Waals surface area contributed by atoms with E-state index in [9.17, 15) is 19.5 Å². The molecule has 1 heterocycles. The standard InChI is InChI=1S/C26H30N4O4/c1-14-5-9-19(29-20(31)12-26(2,3)4)22-21(14)23(28-13-27-22)24(32)30-18-10-7-15-11-16(25(33)34)6-8-17(15)18/h6,8-9,11,13-14,18H,5,7,10,12H2,1-4H3,(H,29,31)(H,30,32)(H,33,34)/t14?,18-/m0/s1. The second-order valence-electron chi connectivity index (χ2n) is 10.3. The fourth-order valence-electron chi connectivity index (χ4n) is 4.68. The highest BCUT2D eigenvalue weighted by molar-refractivity contribution is 5.96. The van der Waals surface area contributed by atoms with Gasteiger partial charge in [-0.25, -0.2) is 14.8 Å². The van der Waals surface area contributed by atoms with Crippen LogP contribution in [0.3, 0.4) is 0 Å². The Labute approximate surface area is 198 Å². The van der Waals surface area contributed by atoms with Crippen molar-refractivity contribution >= 4 is 23.5 Å². The van der Waals surface area contributed by atoms with E-state index < -0.39 is 5.97 Å². The summed E-state index contributed by atoms with van der Waals surface area (Å²) in [4.78, 5) is 45.8. The van der Waals surface area contributed by atoms with Gasteiger partial charge < -0.3 is 15.7 Å². The van der Waals surface area contributed by atoms with E-state index in [1.165, 1.54) is 6.33 Å². The first kappa shape index (κ1) is 23.6. The lowest BCUT2D eigenvalue weighted by Crippen LogP contribution is -2.32. The average molecular weight is 463 g/mol. The fourth-order valence-corrected chi connectivity index (χ4v) is 4.68. The monoisotopic (exact) mass is 462 g/mol. The first-order valence-electron chi connectivity index (χ1n) is 11.6. The number of aryl methyl sites for hydroxylation is 1. The number of amides is 2. The summed E-state index contributed by atoms with van der Waals surface area (Å²) >= 11 is 0. The molecule has 178 valence electrons. The zero-order valence-electron chi connectivity index (χ0n) is 19.9. The number of carboxylic acid groups (broad SMARTS) is 1. The van der Waals surface area contributed by atoms with E-state index in [-0.39, 0.29) is 34.8 Å². The molecule has 0 saturated carbocycles. The second-order valence-corrected chi connectivity index (χ2v) is 10.3. The molecular weight excluding hydrogens is 432 g/mol. The van der Waals surface area contributed by atoms with Crippen LogP contribution in [0.1, 0.15) is 102 Å². The van der Waals surface area contributed by atoms with Gasteiger partial charge in [-0.2, -0.15) is 0 Å². The summed E-state index contributed by atoms with van der Waals surface area (Å²) in [7, 11) is 0. The molecule has 8 heteroatoms. The maximum atomic E-state index is 13.3. The number of carbonyl (C=O) groups excluding carboxylic acids is 2. The number of nitrogens with one attached hydrogen (secondary N) is 2. The Morgan fingerprint density at radius 1 is 1.18 bits per heavy atom.